The van der Waals surface area contributed by atoms with Crippen molar-refractivity contribution >= 4 is 15.5 Å². The lowest BCUT2D eigenvalue weighted by Crippen LogP contribution is -2.16. The van der Waals surface area contributed by atoms with Gasteiger partial charge in [-0.2, -0.15) is 0 Å². The molecular formula is C12H17NO2S. The van der Waals surface area contributed by atoms with E-state index in [0.717, 1.165) is 30.5 Å². The van der Waals surface area contributed by atoms with Crippen molar-refractivity contribution in [2.75, 3.05) is 11.5 Å². The van der Waals surface area contributed by atoms with E-state index < -0.39 is 9.84 Å². The molecule has 1 aliphatic rings. The number of benzene rings is 1. The molecule has 1 unspecified atom stereocenters. The standard InChI is InChI=1S/C12H17NO2S/c13-12-6-2-1-4-10(12)7-8-11-5-3-9-16(11,14)15/h1-2,4,6,11H,3,5,7-9,13H2. The lowest BCUT2D eigenvalue weighted by Gasteiger charge is -2.10. The molecule has 88 valence electrons. The summed E-state index contributed by atoms with van der Waals surface area (Å²) in [6, 6.07) is 7.66. The van der Waals surface area contributed by atoms with Crippen LogP contribution in [-0.2, 0) is 16.3 Å². The minimum Gasteiger partial charge on any atom is -0.399 e. The number of nitrogens with two attached hydrogens (primary N) is 1. The lowest BCUT2D eigenvalue weighted by atomic mass is 10.0. The predicted octanol–water partition coefficient (Wildman–Crippen LogP) is 1.78. The fourth-order valence-electron chi connectivity index (χ4n) is 2.26. The maximum atomic E-state index is 11.6. The predicted molar refractivity (Wildman–Crippen MR) is 66.0 cm³/mol. The molecule has 1 aromatic rings. The van der Waals surface area contributed by atoms with Crippen molar-refractivity contribution in [3.63, 3.8) is 0 Å². The topological polar surface area (TPSA) is 60.2 Å². The molecule has 2 N–H and O–H groups in total. The smallest absolute Gasteiger partial charge is 0.153 e. The second-order valence-electron chi connectivity index (χ2n) is 4.37. The number of sulfone groups is 1. The second kappa shape index (κ2) is 4.45. The fraction of sp³-hybridized carbons (Fsp3) is 0.500. The zero-order chi connectivity index (χ0) is 11.6. The van der Waals surface area contributed by atoms with Crippen LogP contribution in [0.4, 0.5) is 5.69 Å². The van der Waals surface area contributed by atoms with Gasteiger partial charge in [0.05, 0.1) is 11.0 Å². The van der Waals surface area contributed by atoms with Gasteiger partial charge < -0.3 is 5.73 Å². The minimum atomic E-state index is -2.81. The number of rotatable bonds is 3. The van der Waals surface area contributed by atoms with Crippen LogP contribution in [0, 0.1) is 0 Å². The highest BCUT2D eigenvalue weighted by atomic mass is 32.2. The van der Waals surface area contributed by atoms with Crippen LogP contribution in [0.2, 0.25) is 0 Å². The SMILES string of the molecule is Nc1ccccc1CCC1CCCS1(=O)=O. The van der Waals surface area contributed by atoms with E-state index in [1.807, 2.05) is 24.3 Å². The van der Waals surface area contributed by atoms with Gasteiger partial charge in [-0.25, -0.2) is 8.42 Å². The first-order valence-electron chi connectivity index (χ1n) is 5.64. The normalized spacial score (nSPS) is 23.4. The molecule has 0 bridgehead atoms. The van der Waals surface area contributed by atoms with Gasteiger partial charge in [-0.3, -0.25) is 0 Å². The van der Waals surface area contributed by atoms with Gasteiger partial charge in [-0.05, 0) is 37.3 Å². The second-order valence-corrected chi connectivity index (χ2v) is 6.77. The zero-order valence-corrected chi connectivity index (χ0v) is 10.0. The monoisotopic (exact) mass is 239 g/mol. The molecular weight excluding hydrogens is 222 g/mol. The number of nitrogen functional groups attached to an aromatic ring is 1. The first kappa shape index (κ1) is 11.5. The van der Waals surface area contributed by atoms with E-state index in [-0.39, 0.29) is 5.25 Å². The molecule has 0 aliphatic carbocycles. The van der Waals surface area contributed by atoms with Gasteiger partial charge in [-0.15, -0.1) is 0 Å². The minimum absolute atomic E-state index is 0.146. The van der Waals surface area contributed by atoms with E-state index in [1.54, 1.807) is 0 Å². The van der Waals surface area contributed by atoms with E-state index in [1.165, 1.54) is 0 Å². The maximum absolute atomic E-state index is 11.6. The molecule has 0 saturated carbocycles. The number of hydrogen-bond donors (Lipinski definition) is 1. The Morgan fingerprint density at radius 1 is 1.31 bits per heavy atom. The number of anilines is 1. The van der Waals surface area contributed by atoms with Crippen LogP contribution >= 0.6 is 0 Å². The molecule has 2 rings (SSSR count). The molecule has 1 aliphatic heterocycles. The molecule has 0 aromatic heterocycles. The first-order valence-corrected chi connectivity index (χ1v) is 7.36. The third kappa shape index (κ3) is 2.38. The fourth-order valence-corrected chi connectivity index (χ4v) is 4.17. The summed E-state index contributed by atoms with van der Waals surface area (Å²) in [7, 11) is -2.81. The molecule has 1 atom stereocenters. The van der Waals surface area contributed by atoms with E-state index in [0.29, 0.717) is 12.2 Å². The van der Waals surface area contributed by atoms with Crippen molar-refractivity contribution in [2.24, 2.45) is 0 Å². The number of para-hydroxylation sites is 1. The Bertz CT molecular complexity index is 468. The Labute approximate surface area is 96.6 Å². The van der Waals surface area contributed by atoms with Crippen LogP contribution in [-0.4, -0.2) is 19.4 Å². The van der Waals surface area contributed by atoms with Crippen molar-refractivity contribution in [3.05, 3.63) is 29.8 Å². The van der Waals surface area contributed by atoms with Crippen molar-refractivity contribution < 1.29 is 8.42 Å². The molecule has 0 amide bonds. The summed E-state index contributed by atoms with van der Waals surface area (Å²) in [6.07, 6.45) is 3.10. The van der Waals surface area contributed by atoms with E-state index >= 15 is 0 Å². The van der Waals surface area contributed by atoms with Crippen LogP contribution in [0.15, 0.2) is 24.3 Å². The molecule has 4 heteroatoms. The van der Waals surface area contributed by atoms with Crippen LogP contribution in [0.5, 0.6) is 0 Å². The molecule has 1 heterocycles. The summed E-state index contributed by atoms with van der Waals surface area (Å²) in [5.41, 5.74) is 7.65. The highest BCUT2D eigenvalue weighted by Crippen LogP contribution is 2.25. The van der Waals surface area contributed by atoms with Crippen molar-refractivity contribution in [3.8, 4) is 0 Å². The lowest BCUT2D eigenvalue weighted by molar-refractivity contribution is 0.582. The molecule has 1 fully saturated rings. The third-order valence-electron chi connectivity index (χ3n) is 3.25. The van der Waals surface area contributed by atoms with Crippen molar-refractivity contribution in [2.45, 2.75) is 30.9 Å². The zero-order valence-electron chi connectivity index (χ0n) is 9.22. The molecule has 3 nitrogen and oxygen atoms in total. The summed E-state index contributed by atoms with van der Waals surface area (Å²) in [6.45, 7) is 0. The summed E-state index contributed by atoms with van der Waals surface area (Å²) < 4.78 is 23.3. The van der Waals surface area contributed by atoms with Gasteiger partial charge in [0.2, 0.25) is 0 Å². The van der Waals surface area contributed by atoms with Gasteiger partial charge >= 0.3 is 0 Å². The van der Waals surface area contributed by atoms with Crippen LogP contribution in [0.25, 0.3) is 0 Å². The van der Waals surface area contributed by atoms with E-state index in [2.05, 4.69) is 0 Å². The average molecular weight is 239 g/mol. The Kier molecular flexibility index (Phi) is 3.19. The van der Waals surface area contributed by atoms with Gasteiger partial charge in [0.15, 0.2) is 9.84 Å². The van der Waals surface area contributed by atoms with Gasteiger partial charge in [-0.1, -0.05) is 18.2 Å². The first-order chi connectivity index (χ1) is 7.59. The van der Waals surface area contributed by atoms with Crippen molar-refractivity contribution in [1.82, 2.24) is 0 Å². The largest absolute Gasteiger partial charge is 0.399 e. The van der Waals surface area contributed by atoms with Crippen LogP contribution in [0.1, 0.15) is 24.8 Å². The summed E-state index contributed by atoms with van der Waals surface area (Å²) in [5.74, 6) is 0.363. The number of aryl methyl sites for hydroxylation is 1. The Hall–Kier alpha value is -1.03. The molecule has 1 aromatic carbocycles. The van der Waals surface area contributed by atoms with Crippen LogP contribution in [0.3, 0.4) is 0 Å². The third-order valence-corrected chi connectivity index (χ3v) is 5.60. The number of hydrogen-bond acceptors (Lipinski definition) is 3. The molecule has 1 saturated heterocycles. The van der Waals surface area contributed by atoms with Gasteiger partial charge in [0, 0.05) is 5.69 Å². The summed E-state index contributed by atoms with van der Waals surface area (Å²) in [4.78, 5) is 0. The highest BCUT2D eigenvalue weighted by molar-refractivity contribution is 7.92. The average Bonchev–Trinajstić information content (AvgIpc) is 2.57. The summed E-state index contributed by atoms with van der Waals surface area (Å²) in [5, 5.41) is -0.146. The quantitative estimate of drug-likeness (QED) is 0.818. The molecule has 0 spiro atoms. The Morgan fingerprint density at radius 2 is 2.06 bits per heavy atom. The molecule has 0 radical (unpaired) electrons. The molecule has 16 heavy (non-hydrogen) atoms. The highest BCUT2D eigenvalue weighted by Gasteiger charge is 2.30. The summed E-state index contributed by atoms with van der Waals surface area (Å²) >= 11 is 0. The van der Waals surface area contributed by atoms with E-state index in [4.69, 9.17) is 5.73 Å². The van der Waals surface area contributed by atoms with Crippen molar-refractivity contribution in [1.29, 1.82) is 0 Å². The van der Waals surface area contributed by atoms with Crippen LogP contribution < -0.4 is 5.73 Å². The maximum Gasteiger partial charge on any atom is 0.153 e. The Morgan fingerprint density at radius 3 is 2.69 bits per heavy atom. The van der Waals surface area contributed by atoms with Gasteiger partial charge in [0.25, 0.3) is 0 Å². The Balaban J connectivity index is 2.01. The van der Waals surface area contributed by atoms with Gasteiger partial charge in [0.1, 0.15) is 0 Å². The van der Waals surface area contributed by atoms with E-state index in [9.17, 15) is 8.42 Å².